The molecule has 0 atom stereocenters. The van der Waals surface area contributed by atoms with Gasteiger partial charge < -0.3 is 10.3 Å². The fourth-order valence-electron chi connectivity index (χ4n) is 4.14. The molecule has 7 heteroatoms. The molecule has 0 aliphatic carbocycles. The van der Waals surface area contributed by atoms with E-state index in [0.717, 1.165) is 30.8 Å². The van der Waals surface area contributed by atoms with Gasteiger partial charge in [0.1, 0.15) is 5.82 Å². The van der Waals surface area contributed by atoms with Crippen molar-refractivity contribution in [3.63, 3.8) is 0 Å². The van der Waals surface area contributed by atoms with E-state index < -0.39 is 0 Å². The van der Waals surface area contributed by atoms with Crippen LogP contribution in [0.2, 0.25) is 0 Å². The van der Waals surface area contributed by atoms with Crippen LogP contribution in [0.4, 0.5) is 0 Å². The Bertz CT molecular complexity index is 1120. The molecule has 4 rings (SSSR count). The Kier molecular flexibility index (Phi) is 7.07. The number of likely N-dealkylation sites (tertiary alicyclic amines) is 1. The molecule has 166 valence electrons. The predicted molar refractivity (Wildman–Crippen MR) is 124 cm³/mol. The van der Waals surface area contributed by atoms with Crippen LogP contribution in [0.3, 0.4) is 0 Å². The number of nitrogens with one attached hydrogen (secondary N) is 2. The molecule has 0 bridgehead atoms. The molecule has 3 aromatic rings. The third-order valence-electron chi connectivity index (χ3n) is 5.97. The summed E-state index contributed by atoms with van der Waals surface area (Å²) >= 11 is 0. The zero-order valence-electron chi connectivity index (χ0n) is 18.4. The lowest BCUT2D eigenvalue weighted by Crippen LogP contribution is -2.26. The van der Waals surface area contributed by atoms with Crippen molar-refractivity contribution in [2.24, 2.45) is 0 Å². The van der Waals surface area contributed by atoms with Crippen molar-refractivity contribution < 1.29 is 4.79 Å². The molecule has 1 amide bonds. The number of aromatic nitrogens is 3. The number of rotatable bonds is 8. The summed E-state index contributed by atoms with van der Waals surface area (Å²) in [5, 5.41) is 3.01. The first-order valence-electron chi connectivity index (χ1n) is 11.2. The largest absolute Gasteiger partial charge is 0.352 e. The fraction of sp³-hybridized carbons (Fsp3) is 0.360. The molecule has 1 fully saturated rings. The van der Waals surface area contributed by atoms with Crippen LogP contribution in [0.15, 0.2) is 53.6 Å². The van der Waals surface area contributed by atoms with Crippen LogP contribution in [0.1, 0.15) is 41.6 Å². The number of carbonyl (C=O) groups is 1. The Morgan fingerprint density at radius 1 is 1.09 bits per heavy atom. The van der Waals surface area contributed by atoms with Crippen molar-refractivity contribution >= 4 is 5.91 Å². The van der Waals surface area contributed by atoms with Gasteiger partial charge in [0, 0.05) is 48.7 Å². The van der Waals surface area contributed by atoms with E-state index in [1.54, 1.807) is 24.5 Å². The fourth-order valence-corrected chi connectivity index (χ4v) is 4.14. The number of nitrogens with zero attached hydrogens (tertiary/aromatic N) is 3. The molecule has 1 aromatic carbocycles. The third-order valence-corrected chi connectivity index (χ3v) is 5.97. The highest BCUT2D eigenvalue weighted by Gasteiger charge is 2.15. The van der Waals surface area contributed by atoms with Gasteiger partial charge in [0.25, 0.3) is 5.56 Å². The molecule has 32 heavy (non-hydrogen) atoms. The van der Waals surface area contributed by atoms with Gasteiger partial charge in [-0.1, -0.05) is 24.3 Å². The molecule has 0 unspecified atom stereocenters. The van der Waals surface area contributed by atoms with Gasteiger partial charge in [-0.05, 0) is 62.5 Å². The van der Waals surface area contributed by atoms with Crippen molar-refractivity contribution in [2.75, 3.05) is 13.1 Å². The van der Waals surface area contributed by atoms with Crippen LogP contribution >= 0.6 is 0 Å². The normalized spacial score (nSPS) is 13.9. The topological polar surface area (TPSA) is 91.0 Å². The number of pyridine rings is 1. The van der Waals surface area contributed by atoms with Crippen LogP contribution in [0.25, 0.3) is 11.4 Å². The van der Waals surface area contributed by atoms with E-state index in [1.807, 2.05) is 19.1 Å². The highest BCUT2D eigenvalue weighted by molar-refractivity contribution is 5.76. The molecular formula is C25H29N5O2. The monoisotopic (exact) mass is 431 g/mol. The standard InChI is InChI=1S/C25H29N5O2/c1-18-22(25(32)29-24(28-18)19-10-12-26-13-11-19)8-9-23(31)27-16-20-6-2-3-7-21(20)17-30-14-4-5-15-30/h2-3,6-7,10-13H,4-5,8-9,14-17H2,1H3,(H,27,31)(H,28,29,32). The Morgan fingerprint density at radius 3 is 2.53 bits per heavy atom. The Hall–Kier alpha value is -3.32. The van der Waals surface area contributed by atoms with E-state index in [9.17, 15) is 9.59 Å². The van der Waals surface area contributed by atoms with E-state index in [-0.39, 0.29) is 17.9 Å². The lowest BCUT2D eigenvalue weighted by atomic mass is 10.1. The maximum atomic E-state index is 12.6. The quantitative estimate of drug-likeness (QED) is 0.572. The van der Waals surface area contributed by atoms with Crippen LogP contribution < -0.4 is 10.9 Å². The van der Waals surface area contributed by atoms with Gasteiger partial charge in [-0.3, -0.25) is 19.5 Å². The van der Waals surface area contributed by atoms with Gasteiger partial charge >= 0.3 is 0 Å². The molecule has 1 aliphatic rings. The third kappa shape index (κ3) is 5.48. The second-order valence-corrected chi connectivity index (χ2v) is 8.24. The lowest BCUT2D eigenvalue weighted by molar-refractivity contribution is -0.121. The van der Waals surface area contributed by atoms with Gasteiger partial charge in [0.05, 0.1) is 0 Å². The number of carbonyl (C=O) groups excluding carboxylic acids is 1. The predicted octanol–water partition coefficient (Wildman–Crippen LogP) is 2.99. The van der Waals surface area contributed by atoms with Gasteiger partial charge in [0.15, 0.2) is 0 Å². The molecule has 2 N–H and O–H groups in total. The molecule has 0 spiro atoms. The maximum absolute atomic E-state index is 12.6. The van der Waals surface area contributed by atoms with Crippen molar-refractivity contribution in [1.29, 1.82) is 0 Å². The van der Waals surface area contributed by atoms with Crippen LogP contribution in [0, 0.1) is 6.92 Å². The summed E-state index contributed by atoms with van der Waals surface area (Å²) in [7, 11) is 0. The number of hydrogen-bond donors (Lipinski definition) is 2. The molecule has 2 aromatic heterocycles. The van der Waals surface area contributed by atoms with Gasteiger partial charge in [-0.2, -0.15) is 0 Å². The zero-order chi connectivity index (χ0) is 22.3. The Morgan fingerprint density at radius 2 is 1.81 bits per heavy atom. The van der Waals surface area contributed by atoms with Crippen molar-refractivity contribution in [1.82, 2.24) is 25.2 Å². The summed E-state index contributed by atoms with van der Waals surface area (Å²) in [5.74, 6) is 0.440. The lowest BCUT2D eigenvalue weighted by Gasteiger charge is -2.17. The number of amides is 1. The molecule has 3 heterocycles. The smallest absolute Gasteiger partial charge is 0.254 e. The first-order chi connectivity index (χ1) is 15.6. The summed E-state index contributed by atoms with van der Waals surface area (Å²) in [5.41, 5.74) is 4.20. The Balaban J connectivity index is 1.34. The van der Waals surface area contributed by atoms with Crippen molar-refractivity contribution in [2.45, 2.75) is 45.7 Å². The Labute approximate surface area is 187 Å². The molecule has 0 saturated carbocycles. The van der Waals surface area contributed by atoms with E-state index in [2.05, 4.69) is 37.3 Å². The summed E-state index contributed by atoms with van der Waals surface area (Å²) in [6.45, 7) is 5.51. The molecule has 0 radical (unpaired) electrons. The van der Waals surface area contributed by atoms with Gasteiger partial charge in [-0.25, -0.2) is 4.98 Å². The number of hydrogen-bond acceptors (Lipinski definition) is 5. The summed E-state index contributed by atoms with van der Waals surface area (Å²) < 4.78 is 0. The van der Waals surface area contributed by atoms with Crippen molar-refractivity contribution in [3.05, 3.63) is 81.5 Å². The molecule has 1 aliphatic heterocycles. The van der Waals surface area contributed by atoms with Gasteiger partial charge in [0.2, 0.25) is 5.91 Å². The van der Waals surface area contributed by atoms with E-state index in [0.29, 0.717) is 30.0 Å². The van der Waals surface area contributed by atoms with Crippen molar-refractivity contribution in [3.8, 4) is 11.4 Å². The summed E-state index contributed by atoms with van der Waals surface area (Å²) in [4.78, 5) is 38.9. The van der Waals surface area contributed by atoms with Crippen LogP contribution in [0.5, 0.6) is 0 Å². The minimum Gasteiger partial charge on any atom is -0.352 e. The average Bonchev–Trinajstić information content (AvgIpc) is 3.31. The van der Waals surface area contributed by atoms with E-state index >= 15 is 0 Å². The van der Waals surface area contributed by atoms with Crippen LogP contribution in [-0.4, -0.2) is 38.8 Å². The molecule has 1 saturated heterocycles. The number of H-pyrrole nitrogens is 1. The second kappa shape index (κ2) is 10.3. The average molecular weight is 432 g/mol. The van der Waals surface area contributed by atoms with E-state index in [4.69, 9.17) is 0 Å². The molecule has 7 nitrogen and oxygen atoms in total. The van der Waals surface area contributed by atoms with Crippen LogP contribution in [-0.2, 0) is 24.3 Å². The first-order valence-corrected chi connectivity index (χ1v) is 11.2. The minimum absolute atomic E-state index is 0.0713. The summed E-state index contributed by atoms with van der Waals surface area (Å²) in [6, 6.07) is 11.9. The molecular weight excluding hydrogens is 402 g/mol. The van der Waals surface area contributed by atoms with Gasteiger partial charge in [-0.15, -0.1) is 0 Å². The second-order valence-electron chi connectivity index (χ2n) is 8.24. The summed E-state index contributed by atoms with van der Waals surface area (Å²) in [6.07, 6.45) is 6.44. The number of aromatic amines is 1. The number of benzene rings is 1. The first kappa shape index (κ1) is 21.9. The number of aryl methyl sites for hydroxylation is 1. The zero-order valence-corrected chi connectivity index (χ0v) is 18.4. The highest BCUT2D eigenvalue weighted by Crippen LogP contribution is 2.16. The highest BCUT2D eigenvalue weighted by atomic mass is 16.1. The minimum atomic E-state index is -0.201. The SMILES string of the molecule is Cc1nc(-c2ccncc2)[nH]c(=O)c1CCC(=O)NCc1ccccc1CN1CCCC1. The maximum Gasteiger partial charge on any atom is 0.254 e. The van der Waals surface area contributed by atoms with E-state index in [1.165, 1.54) is 18.4 Å².